The molecule has 1 fully saturated rings. The highest BCUT2D eigenvalue weighted by molar-refractivity contribution is 7.12. The lowest BCUT2D eigenvalue weighted by atomic mass is 10.2. The Bertz CT molecular complexity index is 686. The van der Waals surface area contributed by atoms with Gasteiger partial charge in [-0.25, -0.2) is 9.18 Å². The molecule has 0 saturated carbocycles. The van der Waals surface area contributed by atoms with Gasteiger partial charge < -0.3 is 9.64 Å². The predicted octanol–water partition coefficient (Wildman–Crippen LogP) is 3.10. The third kappa shape index (κ3) is 2.87. The van der Waals surface area contributed by atoms with Crippen molar-refractivity contribution >= 4 is 23.2 Å². The Hall–Kier alpha value is -2.21. The van der Waals surface area contributed by atoms with Crippen LogP contribution >= 0.6 is 11.3 Å². The van der Waals surface area contributed by atoms with Crippen LogP contribution in [0.2, 0.25) is 0 Å². The van der Waals surface area contributed by atoms with Gasteiger partial charge in [-0.15, -0.1) is 11.3 Å². The molecule has 1 unspecified atom stereocenters. The fourth-order valence-corrected chi connectivity index (χ4v) is 3.18. The van der Waals surface area contributed by atoms with E-state index >= 15 is 0 Å². The molecule has 2 heterocycles. The molecule has 6 heteroatoms. The number of halogens is 1. The smallest absolute Gasteiger partial charge is 0.334 e. The number of amides is 1. The van der Waals surface area contributed by atoms with E-state index in [1.54, 1.807) is 18.2 Å². The summed E-state index contributed by atoms with van der Waals surface area (Å²) in [5.74, 6) is -1.47. The molecule has 2 aromatic rings. The second-order valence-corrected chi connectivity index (χ2v) is 5.93. The number of hydrogen-bond acceptors (Lipinski definition) is 4. The first-order valence-electron chi connectivity index (χ1n) is 6.97. The van der Waals surface area contributed by atoms with Crippen LogP contribution < -0.4 is 4.74 Å². The first kappa shape index (κ1) is 14.7. The van der Waals surface area contributed by atoms with Crippen molar-refractivity contribution in [2.45, 2.75) is 18.9 Å². The molecular formula is C16H14FNO3S. The summed E-state index contributed by atoms with van der Waals surface area (Å²) in [4.78, 5) is 26.8. The van der Waals surface area contributed by atoms with Crippen molar-refractivity contribution in [2.75, 3.05) is 6.54 Å². The van der Waals surface area contributed by atoms with E-state index < -0.39 is 17.8 Å². The highest BCUT2D eigenvalue weighted by Crippen LogP contribution is 2.24. The fourth-order valence-electron chi connectivity index (χ4n) is 2.50. The summed E-state index contributed by atoms with van der Waals surface area (Å²) in [5.41, 5.74) is 0. The maximum Gasteiger partial charge on any atom is 0.334 e. The quantitative estimate of drug-likeness (QED) is 0.645. The SMILES string of the molecule is O=C(Oc1ccccc1F)C1CCCN1C(=O)c1cccs1. The van der Waals surface area contributed by atoms with Gasteiger partial charge in [-0.3, -0.25) is 4.79 Å². The number of rotatable bonds is 3. The van der Waals surface area contributed by atoms with Crippen LogP contribution in [0.1, 0.15) is 22.5 Å². The molecule has 1 amide bonds. The van der Waals surface area contributed by atoms with Gasteiger partial charge >= 0.3 is 5.97 Å². The van der Waals surface area contributed by atoms with Gasteiger partial charge in [-0.05, 0) is 36.4 Å². The number of carbonyl (C=O) groups excluding carboxylic acids is 2. The fraction of sp³-hybridized carbons (Fsp3) is 0.250. The summed E-state index contributed by atoms with van der Waals surface area (Å²) in [7, 11) is 0. The van der Waals surface area contributed by atoms with Crippen molar-refractivity contribution in [1.29, 1.82) is 0 Å². The summed E-state index contributed by atoms with van der Waals surface area (Å²) in [5, 5.41) is 1.82. The van der Waals surface area contributed by atoms with Gasteiger partial charge in [0.25, 0.3) is 5.91 Å². The van der Waals surface area contributed by atoms with E-state index in [2.05, 4.69) is 0 Å². The van der Waals surface area contributed by atoms with Gasteiger partial charge in [0, 0.05) is 6.54 Å². The minimum absolute atomic E-state index is 0.108. The average Bonchev–Trinajstić information content (AvgIpc) is 3.20. The van der Waals surface area contributed by atoms with E-state index in [-0.39, 0.29) is 11.7 Å². The van der Waals surface area contributed by atoms with Gasteiger partial charge in [0.2, 0.25) is 0 Å². The molecule has 1 aliphatic rings. The average molecular weight is 319 g/mol. The Morgan fingerprint density at radius 3 is 2.77 bits per heavy atom. The van der Waals surface area contributed by atoms with Gasteiger partial charge in [-0.2, -0.15) is 0 Å². The van der Waals surface area contributed by atoms with E-state index in [9.17, 15) is 14.0 Å². The van der Waals surface area contributed by atoms with Gasteiger partial charge in [0.15, 0.2) is 11.6 Å². The molecule has 1 aromatic carbocycles. The highest BCUT2D eigenvalue weighted by atomic mass is 32.1. The van der Waals surface area contributed by atoms with Crippen LogP contribution in [-0.2, 0) is 4.79 Å². The standard InChI is InChI=1S/C16H14FNO3S/c17-11-5-1-2-7-13(11)21-16(20)12-6-3-9-18(12)15(19)14-8-4-10-22-14/h1-2,4-5,7-8,10,12H,3,6,9H2. The number of hydrogen-bond donors (Lipinski definition) is 0. The van der Waals surface area contributed by atoms with Crippen molar-refractivity contribution in [3.05, 3.63) is 52.5 Å². The molecule has 1 saturated heterocycles. The van der Waals surface area contributed by atoms with Crippen molar-refractivity contribution in [3.8, 4) is 5.75 Å². The van der Waals surface area contributed by atoms with E-state index in [4.69, 9.17) is 4.74 Å². The summed E-state index contributed by atoms with van der Waals surface area (Å²) in [6, 6.07) is 8.60. The zero-order chi connectivity index (χ0) is 15.5. The van der Waals surface area contributed by atoms with E-state index in [1.165, 1.54) is 34.4 Å². The molecular weight excluding hydrogens is 305 g/mol. The summed E-state index contributed by atoms with van der Waals surface area (Å²) in [6.07, 6.45) is 1.26. The summed E-state index contributed by atoms with van der Waals surface area (Å²) >= 11 is 1.33. The molecule has 3 rings (SSSR count). The monoisotopic (exact) mass is 319 g/mol. The summed E-state index contributed by atoms with van der Waals surface area (Å²) < 4.78 is 18.7. The molecule has 4 nitrogen and oxygen atoms in total. The van der Waals surface area contributed by atoms with Crippen LogP contribution in [0.5, 0.6) is 5.75 Å². The van der Waals surface area contributed by atoms with Crippen molar-refractivity contribution < 1.29 is 18.7 Å². The lowest BCUT2D eigenvalue weighted by Crippen LogP contribution is -2.42. The van der Waals surface area contributed by atoms with Crippen LogP contribution in [0.4, 0.5) is 4.39 Å². The lowest BCUT2D eigenvalue weighted by molar-refractivity contribution is -0.138. The molecule has 0 bridgehead atoms. The second-order valence-electron chi connectivity index (χ2n) is 4.99. The molecule has 114 valence electrons. The Kier molecular flexibility index (Phi) is 4.20. The van der Waals surface area contributed by atoms with E-state index in [0.717, 1.165) is 6.42 Å². The molecule has 1 atom stereocenters. The molecule has 0 radical (unpaired) electrons. The van der Waals surface area contributed by atoms with Crippen molar-refractivity contribution in [3.63, 3.8) is 0 Å². The molecule has 0 N–H and O–H groups in total. The minimum atomic E-state index is -0.658. The first-order valence-corrected chi connectivity index (χ1v) is 7.85. The molecule has 1 aromatic heterocycles. The zero-order valence-corrected chi connectivity index (χ0v) is 12.5. The molecule has 0 aliphatic carbocycles. The first-order chi connectivity index (χ1) is 10.7. The van der Waals surface area contributed by atoms with Crippen LogP contribution in [0, 0.1) is 5.82 Å². The normalized spacial score (nSPS) is 17.5. The molecule has 1 aliphatic heterocycles. The van der Waals surface area contributed by atoms with E-state index in [1.807, 2.05) is 5.38 Å². The Morgan fingerprint density at radius 2 is 2.05 bits per heavy atom. The maximum absolute atomic E-state index is 13.6. The van der Waals surface area contributed by atoms with Crippen LogP contribution in [0.3, 0.4) is 0 Å². The number of esters is 1. The third-order valence-electron chi connectivity index (χ3n) is 3.56. The Labute approximate surface area is 131 Å². The largest absolute Gasteiger partial charge is 0.422 e. The van der Waals surface area contributed by atoms with Crippen molar-refractivity contribution in [1.82, 2.24) is 4.90 Å². The molecule has 0 spiro atoms. The summed E-state index contributed by atoms with van der Waals surface area (Å²) in [6.45, 7) is 0.508. The number of thiophene rings is 1. The number of nitrogens with zero attached hydrogens (tertiary/aromatic N) is 1. The lowest BCUT2D eigenvalue weighted by Gasteiger charge is -2.22. The zero-order valence-electron chi connectivity index (χ0n) is 11.7. The molecule has 22 heavy (non-hydrogen) atoms. The Balaban J connectivity index is 1.74. The van der Waals surface area contributed by atoms with Crippen molar-refractivity contribution in [2.24, 2.45) is 0 Å². The van der Waals surface area contributed by atoms with Crippen LogP contribution in [0.15, 0.2) is 41.8 Å². The number of carbonyl (C=O) groups is 2. The highest BCUT2D eigenvalue weighted by Gasteiger charge is 2.36. The maximum atomic E-state index is 13.6. The number of ether oxygens (including phenoxy) is 1. The number of para-hydroxylation sites is 1. The minimum Gasteiger partial charge on any atom is -0.422 e. The Morgan fingerprint density at radius 1 is 1.23 bits per heavy atom. The van der Waals surface area contributed by atoms with Crippen LogP contribution in [-0.4, -0.2) is 29.4 Å². The van der Waals surface area contributed by atoms with E-state index in [0.29, 0.717) is 17.8 Å². The van der Waals surface area contributed by atoms with Crippen LogP contribution in [0.25, 0.3) is 0 Å². The topological polar surface area (TPSA) is 46.6 Å². The number of likely N-dealkylation sites (tertiary alicyclic amines) is 1. The van der Waals surface area contributed by atoms with Gasteiger partial charge in [0.05, 0.1) is 4.88 Å². The van der Waals surface area contributed by atoms with Gasteiger partial charge in [0.1, 0.15) is 6.04 Å². The van der Waals surface area contributed by atoms with Gasteiger partial charge in [-0.1, -0.05) is 18.2 Å². The third-order valence-corrected chi connectivity index (χ3v) is 4.42. The number of benzene rings is 1. The predicted molar refractivity (Wildman–Crippen MR) is 80.4 cm³/mol. The second kappa shape index (κ2) is 6.27.